The highest BCUT2D eigenvalue weighted by Crippen LogP contribution is 2.26. The third kappa shape index (κ3) is 3.98. The molecule has 6 heteroatoms. The predicted octanol–water partition coefficient (Wildman–Crippen LogP) is 1.54. The van der Waals surface area contributed by atoms with Crippen LogP contribution in [0.3, 0.4) is 0 Å². The first kappa shape index (κ1) is 17.4. The van der Waals surface area contributed by atoms with E-state index in [9.17, 15) is 4.79 Å². The van der Waals surface area contributed by atoms with Crippen molar-refractivity contribution in [2.45, 2.75) is 45.7 Å². The molecule has 0 saturated carbocycles. The van der Waals surface area contributed by atoms with E-state index in [0.29, 0.717) is 24.3 Å². The second-order valence-electron chi connectivity index (χ2n) is 6.95. The second kappa shape index (κ2) is 8.12. The van der Waals surface area contributed by atoms with Crippen molar-refractivity contribution in [3.05, 3.63) is 18.2 Å². The largest absolute Gasteiger partial charge is 0.379 e. The van der Waals surface area contributed by atoms with Crippen LogP contribution in [-0.2, 0) is 16.1 Å². The summed E-state index contributed by atoms with van der Waals surface area (Å²) in [6, 6.07) is 0.513. The van der Waals surface area contributed by atoms with E-state index in [2.05, 4.69) is 26.3 Å². The number of hydrogen-bond donors (Lipinski definition) is 0. The Morgan fingerprint density at radius 3 is 2.79 bits per heavy atom. The highest BCUT2D eigenvalue weighted by molar-refractivity contribution is 5.76. The molecule has 0 unspecified atom stereocenters. The maximum Gasteiger partial charge on any atom is 0.222 e. The van der Waals surface area contributed by atoms with Crippen LogP contribution in [-0.4, -0.2) is 70.7 Å². The zero-order valence-corrected chi connectivity index (χ0v) is 15.0. The van der Waals surface area contributed by atoms with E-state index in [4.69, 9.17) is 4.74 Å². The summed E-state index contributed by atoms with van der Waals surface area (Å²) in [6.45, 7) is 10.6. The number of likely N-dealkylation sites (tertiary alicyclic amines) is 1. The van der Waals surface area contributed by atoms with Crippen LogP contribution in [0.15, 0.2) is 12.4 Å². The average molecular weight is 334 g/mol. The number of morpholine rings is 1. The van der Waals surface area contributed by atoms with E-state index in [1.165, 1.54) is 0 Å². The molecule has 2 atom stereocenters. The van der Waals surface area contributed by atoms with Gasteiger partial charge in [-0.05, 0) is 19.3 Å². The van der Waals surface area contributed by atoms with Crippen molar-refractivity contribution in [1.82, 2.24) is 19.4 Å². The molecular weight excluding hydrogens is 304 g/mol. The summed E-state index contributed by atoms with van der Waals surface area (Å²) < 4.78 is 7.58. The van der Waals surface area contributed by atoms with Crippen LogP contribution in [0.4, 0.5) is 0 Å². The zero-order valence-electron chi connectivity index (χ0n) is 15.0. The second-order valence-corrected chi connectivity index (χ2v) is 6.95. The Labute approximate surface area is 144 Å². The fourth-order valence-corrected chi connectivity index (χ4v) is 3.98. The van der Waals surface area contributed by atoms with Gasteiger partial charge in [0.05, 0.1) is 13.2 Å². The first-order valence-electron chi connectivity index (χ1n) is 9.26. The number of amides is 1. The van der Waals surface area contributed by atoms with Crippen LogP contribution in [0.2, 0.25) is 0 Å². The summed E-state index contributed by atoms with van der Waals surface area (Å²) in [7, 11) is 0. The monoisotopic (exact) mass is 334 g/mol. The van der Waals surface area contributed by atoms with Crippen LogP contribution in [0.5, 0.6) is 0 Å². The van der Waals surface area contributed by atoms with E-state index in [-0.39, 0.29) is 0 Å². The van der Waals surface area contributed by atoms with Gasteiger partial charge in [0.1, 0.15) is 5.82 Å². The Morgan fingerprint density at radius 1 is 1.33 bits per heavy atom. The molecule has 134 valence electrons. The molecule has 0 aromatic carbocycles. The normalized spacial score (nSPS) is 25.3. The average Bonchev–Trinajstić information content (AvgIpc) is 3.22. The molecule has 3 rings (SSSR count). The van der Waals surface area contributed by atoms with Crippen molar-refractivity contribution in [1.29, 1.82) is 0 Å². The molecule has 1 aromatic heterocycles. The molecule has 0 spiro atoms. The zero-order chi connectivity index (χ0) is 16.9. The first-order chi connectivity index (χ1) is 11.7. The fraction of sp³-hybridized carbons (Fsp3) is 0.778. The van der Waals surface area contributed by atoms with E-state index >= 15 is 0 Å². The molecule has 1 amide bonds. The van der Waals surface area contributed by atoms with Crippen LogP contribution in [0.1, 0.15) is 32.0 Å². The number of rotatable bonds is 6. The summed E-state index contributed by atoms with van der Waals surface area (Å²) >= 11 is 0. The minimum Gasteiger partial charge on any atom is -0.379 e. The van der Waals surface area contributed by atoms with E-state index in [0.717, 1.165) is 64.6 Å². The molecular formula is C18H30N4O2. The molecule has 0 bridgehead atoms. The highest BCUT2D eigenvalue weighted by atomic mass is 16.5. The minimum atomic E-state index is 0.307. The maximum atomic E-state index is 12.6. The maximum absolute atomic E-state index is 12.6. The van der Waals surface area contributed by atoms with E-state index in [1.807, 2.05) is 19.3 Å². The number of nitrogens with zero attached hydrogens (tertiary/aromatic N) is 4. The van der Waals surface area contributed by atoms with Crippen LogP contribution in [0, 0.1) is 12.8 Å². The van der Waals surface area contributed by atoms with Gasteiger partial charge in [-0.3, -0.25) is 9.69 Å². The molecule has 3 heterocycles. The summed E-state index contributed by atoms with van der Waals surface area (Å²) in [5.41, 5.74) is 0. The standard InChI is InChI=1S/C18H30N4O2/c1-3-16-13-22(14-17(16)21-9-11-24-12-10-21)18(23)5-4-7-20-8-6-19-15(20)2/h6,8,16-17H,3-5,7,9-14H2,1-2H3/t16-,17-/m0/s1. The van der Waals surface area contributed by atoms with Gasteiger partial charge < -0.3 is 14.2 Å². The van der Waals surface area contributed by atoms with Gasteiger partial charge in [0, 0.05) is 57.6 Å². The molecule has 2 aliphatic rings. The SMILES string of the molecule is CC[C@H]1CN(C(=O)CCCn2ccnc2C)C[C@@H]1N1CCOCC1. The number of imidazole rings is 1. The Hall–Kier alpha value is -1.40. The van der Waals surface area contributed by atoms with Crippen LogP contribution in [0.25, 0.3) is 0 Å². The summed E-state index contributed by atoms with van der Waals surface area (Å²) in [5.74, 6) is 1.92. The van der Waals surface area contributed by atoms with Crippen molar-refractivity contribution in [2.24, 2.45) is 5.92 Å². The van der Waals surface area contributed by atoms with E-state index in [1.54, 1.807) is 0 Å². The smallest absolute Gasteiger partial charge is 0.222 e. The molecule has 24 heavy (non-hydrogen) atoms. The van der Waals surface area contributed by atoms with Crippen LogP contribution >= 0.6 is 0 Å². The molecule has 0 N–H and O–H groups in total. The molecule has 2 aliphatic heterocycles. The Bertz CT molecular complexity index is 539. The van der Waals surface area contributed by atoms with Crippen molar-refractivity contribution >= 4 is 5.91 Å². The molecule has 1 aromatic rings. The van der Waals surface area contributed by atoms with Gasteiger partial charge in [-0.25, -0.2) is 4.98 Å². The molecule has 6 nitrogen and oxygen atoms in total. The molecule has 0 radical (unpaired) electrons. The lowest BCUT2D eigenvalue weighted by atomic mass is 9.99. The lowest BCUT2D eigenvalue weighted by Gasteiger charge is -2.34. The predicted molar refractivity (Wildman–Crippen MR) is 92.7 cm³/mol. The van der Waals surface area contributed by atoms with Crippen molar-refractivity contribution in [2.75, 3.05) is 39.4 Å². The summed E-state index contributed by atoms with van der Waals surface area (Å²) in [5, 5.41) is 0. The van der Waals surface area contributed by atoms with Gasteiger partial charge in [-0.15, -0.1) is 0 Å². The van der Waals surface area contributed by atoms with Gasteiger partial charge in [-0.2, -0.15) is 0 Å². The number of carbonyl (C=O) groups excluding carboxylic acids is 1. The number of ether oxygens (including phenoxy) is 1. The minimum absolute atomic E-state index is 0.307. The lowest BCUT2D eigenvalue weighted by Crippen LogP contribution is -2.47. The van der Waals surface area contributed by atoms with Gasteiger partial charge in [-0.1, -0.05) is 13.3 Å². The number of aromatic nitrogens is 2. The van der Waals surface area contributed by atoms with E-state index < -0.39 is 0 Å². The Kier molecular flexibility index (Phi) is 5.89. The summed E-state index contributed by atoms with van der Waals surface area (Å²) in [6.07, 6.45) is 6.45. The van der Waals surface area contributed by atoms with Crippen molar-refractivity contribution in [3.63, 3.8) is 0 Å². The molecule has 0 aliphatic carbocycles. The van der Waals surface area contributed by atoms with Gasteiger partial charge >= 0.3 is 0 Å². The number of carbonyl (C=O) groups is 1. The number of aryl methyl sites for hydroxylation is 2. The van der Waals surface area contributed by atoms with Crippen LogP contribution < -0.4 is 0 Å². The lowest BCUT2D eigenvalue weighted by molar-refractivity contribution is -0.130. The van der Waals surface area contributed by atoms with Crippen molar-refractivity contribution < 1.29 is 9.53 Å². The van der Waals surface area contributed by atoms with Gasteiger partial charge in [0.15, 0.2) is 0 Å². The summed E-state index contributed by atoms with van der Waals surface area (Å²) in [4.78, 5) is 21.5. The third-order valence-electron chi connectivity index (χ3n) is 5.51. The van der Waals surface area contributed by atoms with Crippen molar-refractivity contribution in [3.8, 4) is 0 Å². The fourth-order valence-electron chi connectivity index (χ4n) is 3.98. The first-order valence-corrected chi connectivity index (χ1v) is 9.26. The quantitative estimate of drug-likeness (QED) is 0.792. The Balaban J connectivity index is 1.49. The molecule has 2 fully saturated rings. The third-order valence-corrected chi connectivity index (χ3v) is 5.51. The highest BCUT2D eigenvalue weighted by Gasteiger charge is 2.37. The van der Waals surface area contributed by atoms with Gasteiger partial charge in [0.2, 0.25) is 5.91 Å². The molecule has 2 saturated heterocycles. The van der Waals surface area contributed by atoms with Gasteiger partial charge in [0.25, 0.3) is 0 Å². The Morgan fingerprint density at radius 2 is 2.12 bits per heavy atom. The topological polar surface area (TPSA) is 50.6 Å². The number of hydrogen-bond acceptors (Lipinski definition) is 4.